The number of likely N-dealkylation sites (tertiary alicyclic amines) is 1. The van der Waals surface area contributed by atoms with Gasteiger partial charge in [0.2, 0.25) is 0 Å². The number of benzene rings is 3. The predicted molar refractivity (Wildman–Crippen MR) is 140 cm³/mol. The number of hydrogen-bond acceptors (Lipinski definition) is 6. The van der Waals surface area contributed by atoms with Gasteiger partial charge in [-0.15, -0.1) is 0 Å². The molecule has 0 spiro atoms. The smallest absolute Gasteiger partial charge is 0.139 e. The summed E-state index contributed by atoms with van der Waals surface area (Å²) >= 11 is 0. The van der Waals surface area contributed by atoms with Crippen LogP contribution >= 0.6 is 0 Å². The SMILES string of the molecule is COCCOc1ccc2c(c1)ncn2-c1ccc2cc(-c3ccc(CN4CC(O)C4)cc3)ccc2n1. The molecule has 0 unspecified atom stereocenters. The summed E-state index contributed by atoms with van der Waals surface area (Å²) in [6.07, 6.45) is 1.64. The van der Waals surface area contributed by atoms with Gasteiger partial charge in [0.25, 0.3) is 0 Å². The molecule has 0 radical (unpaired) electrons. The van der Waals surface area contributed by atoms with Crippen molar-refractivity contribution in [3.05, 3.63) is 84.7 Å². The summed E-state index contributed by atoms with van der Waals surface area (Å²) in [4.78, 5) is 11.7. The Bertz CT molecular complexity index is 1510. The number of imidazole rings is 1. The van der Waals surface area contributed by atoms with Gasteiger partial charge in [0, 0.05) is 38.2 Å². The lowest BCUT2D eigenvalue weighted by molar-refractivity contribution is -0.00286. The molecule has 0 saturated carbocycles. The molecule has 0 bridgehead atoms. The van der Waals surface area contributed by atoms with Crippen molar-refractivity contribution in [3.63, 3.8) is 0 Å². The number of aliphatic hydroxyl groups is 1. The van der Waals surface area contributed by atoms with E-state index in [4.69, 9.17) is 14.5 Å². The van der Waals surface area contributed by atoms with E-state index in [1.165, 1.54) is 11.1 Å². The molecule has 2 aromatic heterocycles. The topological polar surface area (TPSA) is 72.6 Å². The lowest BCUT2D eigenvalue weighted by atomic mass is 10.0. The zero-order valence-electron chi connectivity index (χ0n) is 20.2. The first-order chi connectivity index (χ1) is 17.7. The maximum absolute atomic E-state index is 9.48. The van der Waals surface area contributed by atoms with Gasteiger partial charge >= 0.3 is 0 Å². The van der Waals surface area contributed by atoms with Crippen LogP contribution in [0.1, 0.15) is 5.56 Å². The third kappa shape index (κ3) is 4.56. The van der Waals surface area contributed by atoms with Crippen molar-refractivity contribution in [2.24, 2.45) is 0 Å². The molecule has 1 fully saturated rings. The molecule has 1 saturated heterocycles. The maximum Gasteiger partial charge on any atom is 0.139 e. The first-order valence-electron chi connectivity index (χ1n) is 12.2. The van der Waals surface area contributed by atoms with Crippen LogP contribution in [0.2, 0.25) is 0 Å². The minimum atomic E-state index is -0.165. The van der Waals surface area contributed by atoms with Gasteiger partial charge in [0.1, 0.15) is 24.5 Å². The summed E-state index contributed by atoms with van der Waals surface area (Å²) in [5, 5.41) is 10.6. The van der Waals surface area contributed by atoms with Crippen molar-refractivity contribution in [1.29, 1.82) is 0 Å². The molecule has 1 N–H and O–H groups in total. The average molecular weight is 481 g/mol. The number of hydrogen-bond donors (Lipinski definition) is 1. The number of aliphatic hydroxyl groups excluding tert-OH is 1. The van der Waals surface area contributed by atoms with Gasteiger partial charge in [0.15, 0.2) is 0 Å². The minimum Gasteiger partial charge on any atom is -0.491 e. The molecular formula is C29H28N4O3. The Morgan fingerprint density at radius 2 is 1.72 bits per heavy atom. The molecular weight excluding hydrogens is 452 g/mol. The number of pyridine rings is 1. The van der Waals surface area contributed by atoms with Crippen LogP contribution in [-0.2, 0) is 11.3 Å². The second-order valence-corrected chi connectivity index (χ2v) is 9.23. The standard InChI is InChI=1S/C29H28N4O3/c1-35-12-13-36-25-8-10-28-27(15-25)30-19-33(28)29-11-7-23-14-22(6-9-26(23)31-29)21-4-2-20(3-5-21)16-32-17-24(34)18-32/h2-11,14-15,19,24,34H,12-13,16-18H2,1H3. The zero-order valence-corrected chi connectivity index (χ0v) is 20.2. The lowest BCUT2D eigenvalue weighted by Crippen LogP contribution is -2.49. The van der Waals surface area contributed by atoms with Crippen LogP contribution in [0.25, 0.3) is 38.9 Å². The van der Waals surface area contributed by atoms with Crippen LogP contribution in [0.15, 0.2) is 79.1 Å². The second kappa shape index (κ2) is 9.70. The number of ether oxygens (including phenoxy) is 2. The zero-order chi connectivity index (χ0) is 24.5. The Balaban J connectivity index is 1.22. The maximum atomic E-state index is 9.48. The van der Waals surface area contributed by atoms with Gasteiger partial charge in [-0.25, -0.2) is 9.97 Å². The molecule has 3 aromatic carbocycles. The van der Waals surface area contributed by atoms with Gasteiger partial charge in [-0.05, 0) is 53.1 Å². The van der Waals surface area contributed by atoms with E-state index in [1.807, 2.05) is 28.8 Å². The molecule has 0 amide bonds. The Morgan fingerprint density at radius 3 is 2.53 bits per heavy atom. The van der Waals surface area contributed by atoms with Crippen molar-refractivity contribution in [2.75, 3.05) is 33.4 Å². The Labute approximate surface area is 209 Å². The first kappa shape index (κ1) is 22.7. The van der Waals surface area contributed by atoms with E-state index in [9.17, 15) is 5.11 Å². The Kier molecular flexibility index (Phi) is 6.11. The molecule has 1 aliphatic heterocycles. The monoisotopic (exact) mass is 480 g/mol. The third-order valence-electron chi connectivity index (χ3n) is 6.63. The van der Waals surface area contributed by atoms with Gasteiger partial charge in [-0.2, -0.15) is 0 Å². The highest BCUT2D eigenvalue weighted by molar-refractivity contribution is 5.86. The number of aromatic nitrogens is 3. The van der Waals surface area contributed by atoms with Crippen LogP contribution in [-0.4, -0.2) is 64.1 Å². The summed E-state index contributed by atoms with van der Waals surface area (Å²) in [7, 11) is 1.66. The van der Waals surface area contributed by atoms with Crippen LogP contribution in [0.3, 0.4) is 0 Å². The molecule has 0 atom stereocenters. The van der Waals surface area contributed by atoms with Crippen LogP contribution in [0, 0.1) is 0 Å². The van der Waals surface area contributed by atoms with Crippen molar-refractivity contribution >= 4 is 21.9 Å². The molecule has 0 aliphatic carbocycles. The Morgan fingerprint density at radius 1 is 0.889 bits per heavy atom. The van der Waals surface area contributed by atoms with E-state index in [2.05, 4.69) is 58.4 Å². The largest absolute Gasteiger partial charge is 0.491 e. The second-order valence-electron chi connectivity index (χ2n) is 9.23. The third-order valence-corrected chi connectivity index (χ3v) is 6.63. The average Bonchev–Trinajstić information content (AvgIpc) is 3.31. The fraction of sp³-hybridized carbons (Fsp3) is 0.241. The van der Waals surface area contributed by atoms with E-state index >= 15 is 0 Å². The summed E-state index contributed by atoms with van der Waals surface area (Å²) in [5.74, 6) is 1.60. The van der Waals surface area contributed by atoms with Crippen LogP contribution in [0.5, 0.6) is 5.75 Å². The lowest BCUT2D eigenvalue weighted by Gasteiger charge is -2.35. The highest BCUT2D eigenvalue weighted by Crippen LogP contribution is 2.27. The highest BCUT2D eigenvalue weighted by Gasteiger charge is 2.23. The Hall–Kier alpha value is -3.78. The van der Waals surface area contributed by atoms with E-state index in [0.29, 0.717) is 13.2 Å². The first-order valence-corrected chi connectivity index (χ1v) is 12.2. The number of rotatable bonds is 8. The predicted octanol–water partition coefficient (Wildman–Crippen LogP) is 4.44. The van der Waals surface area contributed by atoms with E-state index in [0.717, 1.165) is 58.7 Å². The van der Waals surface area contributed by atoms with Crippen molar-refractivity contribution in [2.45, 2.75) is 12.6 Å². The quantitative estimate of drug-likeness (QED) is 0.331. The molecule has 6 rings (SSSR count). The fourth-order valence-corrected chi connectivity index (χ4v) is 4.67. The van der Waals surface area contributed by atoms with E-state index in [1.54, 1.807) is 13.4 Å². The number of nitrogens with zero attached hydrogens (tertiary/aromatic N) is 4. The van der Waals surface area contributed by atoms with Crippen LogP contribution in [0.4, 0.5) is 0 Å². The molecule has 7 nitrogen and oxygen atoms in total. The van der Waals surface area contributed by atoms with Crippen molar-refractivity contribution < 1.29 is 14.6 Å². The summed E-state index contributed by atoms with van der Waals surface area (Å²) in [6.45, 7) is 3.46. The molecule has 36 heavy (non-hydrogen) atoms. The van der Waals surface area contributed by atoms with Gasteiger partial charge in [-0.1, -0.05) is 30.3 Å². The van der Waals surface area contributed by atoms with Gasteiger partial charge in [-0.3, -0.25) is 9.47 Å². The van der Waals surface area contributed by atoms with Crippen molar-refractivity contribution in [3.8, 4) is 22.7 Å². The minimum absolute atomic E-state index is 0.165. The highest BCUT2D eigenvalue weighted by atomic mass is 16.5. The normalized spacial score (nSPS) is 14.4. The summed E-state index contributed by atoms with van der Waals surface area (Å²) in [6, 6.07) is 25.1. The van der Waals surface area contributed by atoms with Gasteiger partial charge in [0.05, 0.1) is 29.3 Å². The summed E-state index contributed by atoms with van der Waals surface area (Å²) in [5.41, 5.74) is 6.38. The van der Waals surface area contributed by atoms with Crippen LogP contribution < -0.4 is 4.74 Å². The summed E-state index contributed by atoms with van der Waals surface area (Å²) < 4.78 is 12.8. The molecule has 7 heteroatoms. The molecule has 182 valence electrons. The number of β-amino-alcohol motifs (C(OH)–C–C–N with tert-alkyl or cyclic N) is 1. The number of methoxy groups -OCH3 is 1. The van der Waals surface area contributed by atoms with E-state index in [-0.39, 0.29) is 6.10 Å². The molecule has 3 heterocycles. The fourth-order valence-electron chi connectivity index (χ4n) is 4.67. The van der Waals surface area contributed by atoms with E-state index < -0.39 is 0 Å². The van der Waals surface area contributed by atoms with Crippen molar-refractivity contribution in [1.82, 2.24) is 19.4 Å². The molecule has 5 aromatic rings. The number of fused-ring (bicyclic) bond motifs is 2. The van der Waals surface area contributed by atoms with Gasteiger partial charge < -0.3 is 14.6 Å². The molecule has 1 aliphatic rings.